The van der Waals surface area contributed by atoms with Gasteiger partial charge >= 0.3 is 0 Å². The van der Waals surface area contributed by atoms with Crippen molar-refractivity contribution in [1.82, 2.24) is 10.2 Å². The maximum Gasteiger partial charge on any atom is 0.243 e. The molecule has 3 aromatic rings. The van der Waals surface area contributed by atoms with E-state index in [-0.39, 0.29) is 18.2 Å². The topological polar surface area (TPSA) is 49.4 Å². The van der Waals surface area contributed by atoms with Crippen LogP contribution in [0.1, 0.15) is 41.7 Å². The summed E-state index contributed by atoms with van der Waals surface area (Å²) in [6.45, 7) is 9.17. The van der Waals surface area contributed by atoms with Gasteiger partial charge in [-0.15, -0.1) is 0 Å². The number of hydrogen-bond donors (Lipinski definition) is 1. The van der Waals surface area contributed by atoms with Crippen LogP contribution in [0.3, 0.4) is 0 Å². The van der Waals surface area contributed by atoms with E-state index in [0.29, 0.717) is 25.4 Å². The number of aryl methyl sites for hydroxylation is 2. The van der Waals surface area contributed by atoms with Gasteiger partial charge in [0.05, 0.1) is 6.42 Å². The molecule has 4 nitrogen and oxygen atoms in total. The first-order chi connectivity index (χ1) is 16.3. The molecule has 1 atom stereocenters. The minimum Gasteiger partial charge on any atom is -0.354 e. The lowest BCUT2D eigenvalue weighted by molar-refractivity contribution is -0.140. The highest BCUT2D eigenvalue weighted by Crippen LogP contribution is 2.17. The van der Waals surface area contributed by atoms with Gasteiger partial charge in [0.1, 0.15) is 6.04 Å². The van der Waals surface area contributed by atoms with Crippen molar-refractivity contribution in [3.63, 3.8) is 0 Å². The van der Waals surface area contributed by atoms with Gasteiger partial charge in [0.15, 0.2) is 0 Å². The third-order valence-electron chi connectivity index (χ3n) is 5.87. The van der Waals surface area contributed by atoms with E-state index in [0.717, 1.165) is 27.8 Å². The normalized spacial score (nSPS) is 11.8. The number of amides is 2. The van der Waals surface area contributed by atoms with E-state index >= 15 is 0 Å². The van der Waals surface area contributed by atoms with Crippen LogP contribution in [0.4, 0.5) is 0 Å². The maximum atomic E-state index is 13.7. The van der Waals surface area contributed by atoms with E-state index in [9.17, 15) is 9.59 Å². The molecule has 0 aromatic heterocycles. The molecule has 4 heteroatoms. The lowest BCUT2D eigenvalue weighted by atomic mass is 10.0. The summed E-state index contributed by atoms with van der Waals surface area (Å²) in [6, 6.07) is 25.5. The molecular formula is C30H36N2O2. The molecule has 0 aliphatic heterocycles. The van der Waals surface area contributed by atoms with Crippen molar-refractivity contribution >= 4 is 11.8 Å². The largest absolute Gasteiger partial charge is 0.354 e. The molecule has 0 bridgehead atoms. The summed E-state index contributed by atoms with van der Waals surface area (Å²) in [5.41, 5.74) is 5.28. The highest BCUT2D eigenvalue weighted by Gasteiger charge is 2.30. The molecule has 3 aromatic carbocycles. The van der Waals surface area contributed by atoms with E-state index in [2.05, 4.69) is 19.2 Å². The van der Waals surface area contributed by atoms with Gasteiger partial charge in [-0.05, 0) is 36.5 Å². The lowest BCUT2D eigenvalue weighted by Gasteiger charge is -2.32. The first kappa shape index (κ1) is 25.2. The van der Waals surface area contributed by atoms with E-state index < -0.39 is 6.04 Å². The van der Waals surface area contributed by atoms with Gasteiger partial charge in [-0.25, -0.2) is 0 Å². The fourth-order valence-electron chi connectivity index (χ4n) is 3.96. The predicted molar refractivity (Wildman–Crippen MR) is 138 cm³/mol. The van der Waals surface area contributed by atoms with Gasteiger partial charge in [0.25, 0.3) is 0 Å². The van der Waals surface area contributed by atoms with Crippen LogP contribution in [0.25, 0.3) is 0 Å². The average Bonchev–Trinajstić information content (AvgIpc) is 2.81. The lowest BCUT2D eigenvalue weighted by Crippen LogP contribution is -2.51. The van der Waals surface area contributed by atoms with Gasteiger partial charge in [0.2, 0.25) is 11.8 Å². The second-order valence-electron chi connectivity index (χ2n) is 9.52. The van der Waals surface area contributed by atoms with Crippen molar-refractivity contribution in [3.8, 4) is 0 Å². The Morgan fingerprint density at radius 2 is 1.47 bits per heavy atom. The standard InChI is InChI=1S/C30H36N2O2/c1-22(2)20-31-30(34)28(18-25-10-6-5-7-11-25)32(21-26-15-13-23(3)14-16-26)29(33)19-27-12-8-9-24(4)17-27/h5-17,22,28H,18-21H2,1-4H3,(H,31,34)/t28-/m0/s1. The van der Waals surface area contributed by atoms with Crippen molar-refractivity contribution < 1.29 is 9.59 Å². The molecule has 178 valence electrons. The number of hydrogen-bond acceptors (Lipinski definition) is 2. The Kier molecular flexibility index (Phi) is 9.03. The highest BCUT2D eigenvalue weighted by molar-refractivity contribution is 5.88. The Morgan fingerprint density at radius 3 is 2.12 bits per heavy atom. The Bertz CT molecular complexity index is 1070. The first-order valence-corrected chi connectivity index (χ1v) is 12.0. The summed E-state index contributed by atoms with van der Waals surface area (Å²) in [5.74, 6) is 0.170. The molecule has 0 saturated heterocycles. The third-order valence-corrected chi connectivity index (χ3v) is 5.87. The van der Waals surface area contributed by atoms with Crippen LogP contribution in [-0.2, 0) is 29.0 Å². The molecule has 3 rings (SSSR count). The number of benzene rings is 3. The average molecular weight is 457 g/mol. The van der Waals surface area contributed by atoms with Crippen molar-refractivity contribution in [2.24, 2.45) is 5.92 Å². The third kappa shape index (κ3) is 7.58. The summed E-state index contributed by atoms with van der Waals surface area (Å²) in [6.07, 6.45) is 0.729. The molecule has 0 radical (unpaired) electrons. The van der Waals surface area contributed by atoms with Crippen molar-refractivity contribution in [2.45, 2.75) is 53.1 Å². The van der Waals surface area contributed by atoms with Gasteiger partial charge in [-0.2, -0.15) is 0 Å². The van der Waals surface area contributed by atoms with Crippen LogP contribution in [0.5, 0.6) is 0 Å². The number of carbonyl (C=O) groups excluding carboxylic acids is 2. The van der Waals surface area contributed by atoms with Gasteiger partial charge in [-0.3, -0.25) is 9.59 Å². The highest BCUT2D eigenvalue weighted by atomic mass is 16.2. The monoisotopic (exact) mass is 456 g/mol. The van der Waals surface area contributed by atoms with Crippen LogP contribution < -0.4 is 5.32 Å². The van der Waals surface area contributed by atoms with E-state index in [4.69, 9.17) is 0 Å². The van der Waals surface area contributed by atoms with E-state index in [1.54, 1.807) is 4.90 Å². The summed E-state index contributed by atoms with van der Waals surface area (Å²) in [4.78, 5) is 28.9. The van der Waals surface area contributed by atoms with Crippen LogP contribution in [-0.4, -0.2) is 29.3 Å². The van der Waals surface area contributed by atoms with Crippen LogP contribution in [0.2, 0.25) is 0 Å². The number of nitrogens with zero attached hydrogens (tertiary/aromatic N) is 1. The van der Waals surface area contributed by atoms with Crippen LogP contribution in [0.15, 0.2) is 78.9 Å². The Hall–Kier alpha value is -3.40. The Morgan fingerprint density at radius 1 is 0.794 bits per heavy atom. The second-order valence-corrected chi connectivity index (χ2v) is 9.52. The Balaban J connectivity index is 1.94. The zero-order chi connectivity index (χ0) is 24.5. The number of nitrogens with one attached hydrogen (secondary N) is 1. The summed E-state index contributed by atoms with van der Waals surface area (Å²) in [5, 5.41) is 3.07. The Labute approximate surface area is 204 Å². The van der Waals surface area contributed by atoms with Gasteiger partial charge < -0.3 is 10.2 Å². The fourth-order valence-corrected chi connectivity index (χ4v) is 3.96. The van der Waals surface area contributed by atoms with E-state index in [1.165, 1.54) is 0 Å². The van der Waals surface area contributed by atoms with Crippen molar-refractivity contribution in [2.75, 3.05) is 6.54 Å². The van der Waals surface area contributed by atoms with Crippen molar-refractivity contribution in [3.05, 3.63) is 107 Å². The molecule has 1 N–H and O–H groups in total. The van der Waals surface area contributed by atoms with Gasteiger partial charge in [-0.1, -0.05) is 104 Å². The molecule has 0 spiro atoms. The molecule has 0 fully saturated rings. The molecule has 2 amide bonds. The van der Waals surface area contributed by atoms with Crippen molar-refractivity contribution in [1.29, 1.82) is 0 Å². The first-order valence-electron chi connectivity index (χ1n) is 12.0. The van der Waals surface area contributed by atoms with Gasteiger partial charge in [0, 0.05) is 19.5 Å². The number of carbonyl (C=O) groups is 2. The summed E-state index contributed by atoms with van der Waals surface area (Å²) >= 11 is 0. The zero-order valence-electron chi connectivity index (χ0n) is 20.8. The molecule has 0 saturated carbocycles. The van der Waals surface area contributed by atoms with E-state index in [1.807, 2.05) is 92.7 Å². The summed E-state index contributed by atoms with van der Waals surface area (Å²) < 4.78 is 0. The number of rotatable bonds is 10. The minimum atomic E-state index is -0.597. The fraction of sp³-hybridized carbons (Fsp3) is 0.333. The van der Waals surface area contributed by atoms with Crippen LogP contribution in [0, 0.1) is 19.8 Å². The molecule has 0 aliphatic rings. The quantitative estimate of drug-likeness (QED) is 0.452. The molecule has 0 aliphatic carbocycles. The zero-order valence-corrected chi connectivity index (χ0v) is 20.8. The van der Waals surface area contributed by atoms with Crippen LogP contribution >= 0.6 is 0 Å². The molecule has 0 heterocycles. The maximum absolute atomic E-state index is 13.7. The second kappa shape index (κ2) is 12.2. The SMILES string of the molecule is Cc1ccc(CN(C(=O)Cc2cccc(C)c2)[C@@H](Cc2ccccc2)C(=O)NCC(C)C)cc1. The smallest absolute Gasteiger partial charge is 0.243 e. The molecule has 0 unspecified atom stereocenters. The predicted octanol–water partition coefficient (Wildman–Crippen LogP) is 5.26. The molecular weight excluding hydrogens is 420 g/mol. The molecule has 34 heavy (non-hydrogen) atoms. The minimum absolute atomic E-state index is 0.0493. The summed E-state index contributed by atoms with van der Waals surface area (Å²) in [7, 11) is 0.